The highest BCUT2D eigenvalue weighted by molar-refractivity contribution is 7.00. The van der Waals surface area contributed by atoms with E-state index in [1.165, 1.54) is 106 Å². The lowest BCUT2D eigenvalue weighted by molar-refractivity contribution is 0.840. The van der Waals surface area contributed by atoms with Gasteiger partial charge in [0, 0.05) is 50.8 Å². The van der Waals surface area contributed by atoms with Crippen molar-refractivity contribution in [1.82, 2.24) is 4.57 Å². The molecule has 0 fully saturated rings. The van der Waals surface area contributed by atoms with E-state index in [4.69, 9.17) is 0 Å². The third-order valence-corrected chi connectivity index (χ3v) is 14.9. The van der Waals surface area contributed by atoms with Gasteiger partial charge in [-0.1, -0.05) is 206 Å². The van der Waals surface area contributed by atoms with E-state index < -0.39 is 0 Å². The predicted molar refractivity (Wildman–Crippen MR) is 296 cm³/mol. The van der Waals surface area contributed by atoms with Crippen molar-refractivity contribution in [2.24, 2.45) is 0 Å². The van der Waals surface area contributed by atoms with Gasteiger partial charge in [-0.3, -0.25) is 0 Å². The predicted octanol–water partition coefficient (Wildman–Crippen LogP) is 15.2. The van der Waals surface area contributed by atoms with Crippen LogP contribution in [0, 0.1) is 0 Å². The number of fused-ring (bicyclic) bond motifs is 7. The molecule has 70 heavy (non-hydrogen) atoms. The molecule has 11 aromatic rings. The summed E-state index contributed by atoms with van der Waals surface area (Å²) in [6.45, 7) is -0.0434. The van der Waals surface area contributed by atoms with E-state index in [1.807, 2.05) is 0 Å². The lowest BCUT2D eigenvalue weighted by Crippen LogP contribution is -2.61. The number of aromatic nitrogens is 1. The van der Waals surface area contributed by atoms with Crippen LogP contribution in [0.25, 0.3) is 60.9 Å². The molecule has 328 valence electrons. The summed E-state index contributed by atoms with van der Waals surface area (Å²) in [6.07, 6.45) is 8.17. The molecule has 0 radical (unpaired) electrons. The van der Waals surface area contributed by atoms with Crippen molar-refractivity contribution in [3.05, 3.63) is 272 Å². The van der Waals surface area contributed by atoms with E-state index >= 15 is 0 Å². The molecule has 10 aromatic carbocycles. The Morgan fingerprint density at radius 2 is 0.829 bits per heavy atom. The van der Waals surface area contributed by atoms with Crippen molar-refractivity contribution < 1.29 is 0 Å². The summed E-state index contributed by atoms with van der Waals surface area (Å²) in [4.78, 5) is 5.15. The number of benzene rings is 10. The van der Waals surface area contributed by atoms with E-state index in [9.17, 15) is 0 Å². The van der Waals surface area contributed by atoms with Crippen LogP contribution >= 0.6 is 0 Å². The summed E-state index contributed by atoms with van der Waals surface area (Å²) < 4.78 is 2.49. The Kier molecular flexibility index (Phi) is 9.45. The van der Waals surface area contributed by atoms with Gasteiger partial charge in [-0.05, 0) is 116 Å². The van der Waals surface area contributed by atoms with Crippen LogP contribution in [0.1, 0.15) is 17.9 Å². The lowest BCUT2D eigenvalue weighted by atomic mass is 9.33. The quantitative estimate of drug-likeness (QED) is 0.148. The van der Waals surface area contributed by atoms with Gasteiger partial charge in [0.1, 0.15) is 0 Å². The van der Waals surface area contributed by atoms with Crippen molar-refractivity contribution in [2.45, 2.75) is 12.3 Å². The maximum Gasteiger partial charge on any atom is 0.252 e. The van der Waals surface area contributed by atoms with Crippen LogP contribution in [-0.4, -0.2) is 11.3 Å². The first-order chi connectivity index (χ1) is 34.7. The summed E-state index contributed by atoms with van der Waals surface area (Å²) >= 11 is 0. The smallest absolute Gasteiger partial charge is 0.252 e. The van der Waals surface area contributed by atoms with Crippen LogP contribution < -0.4 is 26.2 Å². The molecule has 0 saturated carbocycles. The van der Waals surface area contributed by atoms with Gasteiger partial charge < -0.3 is 14.4 Å². The third-order valence-electron chi connectivity index (χ3n) is 14.9. The molecule has 0 N–H and O–H groups in total. The topological polar surface area (TPSA) is 11.4 Å². The molecule has 3 aliphatic rings. The van der Waals surface area contributed by atoms with Crippen LogP contribution in [0.2, 0.25) is 0 Å². The van der Waals surface area contributed by atoms with E-state index in [-0.39, 0.29) is 6.71 Å². The number of para-hydroxylation sites is 2. The molecule has 1 unspecified atom stereocenters. The normalized spacial score (nSPS) is 14.6. The van der Waals surface area contributed by atoms with Gasteiger partial charge in [0.25, 0.3) is 6.71 Å². The third kappa shape index (κ3) is 6.52. The first kappa shape index (κ1) is 40.2. The molecule has 1 aliphatic carbocycles. The highest BCUT2D eigenvalue weighted by atomic mass is 15.2. The Balaban J connectivity index is 1.08. The Morgan fingerprint density at radius 3 is 1.37 bits per heavy atom. The largest absolute Gasteiger partial charge is 0.312 e. The molecule has 3 nitrogen and oxygen atoms in total. The highest BCUT2D eigenvalue weighted by Crippen LogP contribution is 2.47. The highest BCUT2D eigenvalue weighted by Gasteiger charge is 2.44. The minimum atomic E-state index is -0.0434. The number of nitrogens with zero attached hydrogens (tertiary/aromatic N) is 3. The van der Waals surface area contributed by atoms with Crippen LogP contribution in [0.5, 0.6) is 0 Å². The second-order valence-electron chi connectivity index (χ2n) is 18.8. The van der Waals surface area contributed by atoms with Crippen molar-refractivity contribution in [3.8, 4) is 39.1 Å². The number of rotatable bonds is 7. The van der Waals surface area contributed by atoms with Gasteiger partial charge in [-0.15, -0.1) is 0 Å². The average Bonchev–Trinajstić information content (AvgIpc) is 3.78. The van der Waals surface area contributed by atoms with Gasteiger partial charge in [0.15, 0.2) is 0 Å². The maximum absolute atomic E-state index is 2.59. The van der Waals surface area contributed by atoms with Gasteiger partial charge in [-0.2, -0.15) is 0 Å². The first-order valence-electron chi connectivity index (χ1n) is 24.5. The molecule has 1 atom stereocenters. The Morgan fingerprint density at radius 1 is 0.371 bits per heavy atom. The number of hydrogen-bond donors (Lipinski definition) is 0. The summed E-state index contributed by atoms with van der Waals surface area (Å²) in [6, 6.07) is 89.7. The monoisotopic (exact) mass is 891 g/mol. The summed E-state index contributed by atoms with van der Waals surface area (Å²) in [5.74, 6) is 0.301. The van der Waals surface area contributed by atoms with Crippen LogP contribution in [-0.2, 0) is 0 Å². The molecule has 4 heteroatoms. The van der Waals surface area contributed by atoms with Gasteiger partial charge >= 0.3 is 0 Å². The fourth-order valence-electron chi connectivity index (χ4n) is 11.6. The molecule has 2 aliphatic heterocycles. The molecule has 14 rings (SSSR count). The molecule has 0 spiro atoms. The fraction of sp³-hybridized carbons (Fsp3) is 0.0303. The molecule has 3 heterocycles. The first-order valence-corrected chi connectivity index (χ1v) is 24.5. The van der Waals surface area contributed by atoms with E-state index in [1.54, 1.807) is 0 Å². The van der Waals surface area contributed by atoms with Crippen LogP contribution in [0.3, 0.4) is 0 Å². The van der Waals surface area contributed by atoms with Gasteiger partial charge in [0.2, 0.25) is 0 Å². The molecule has 0 amide bonds. The molecule has 0 bridgehead atoms. The van der Waals surface area contributed by atoms with Gasteiger partial charge in [-0.25, -0.2) is 0 Å². The minimum Gasteiger partial charge on any atom is -0.312 e. The average molecular weight is 892 g/mol. The zero-order valence-corrected chi connectivity index (χ0v) is 38.5. The van der Waals surface area contributed by atoms with Crippen LogP contribution in [0.4, 0.5) is 28.4 Å². The van der Waals surface area contributed by atoms with Crippen molar-refractivity contribution >= 4 is 73.3 Å². The molecule has 1 aromatic heterocycles. The Bertz CT molecular complexity index is 3800. The van der Waals surface area contributed by atoms with E-state index in [0.717, 1.165) is 17.8 Å². The van der Waals surface area contributed by atoms with Crippen molar-refractivity contribution in [2.75, 3.05) is 9.80 Å². The van der Waals surface area contributed by atoms with Gasteiger partial charge in [0.05, 0.1) is 16.7 Å². The maximum atomic E-state index is 2.59. The lowest BCUT2D eigenvalue weighted by Gasteiger charge is -2.45. The summed E-state index contributed by atoms with van der Waals surface area (Å²) in [5, 5.41) is 2.49. The van der Waals surface area contributed by atoms with E-state index in [2.05, 4.69) is 275 Å². The Labute approximate surface area is 409 Å². The second-order valence-corrected chi connectivity index (χ2v) is 18.8. The zero-order chi connectivity index (χ0) is 46.1. The zero-order valence-electron chi connectivity index (χ0n) is 38.5. The van der Waals surface area contributed by atoms with Crippen LogP contribution in [0.15, 0.2) is 267 Å². The summed E-state index contributed by atoms with van der Waals surface area (Å²) in [5.41, 5.74) is 23.0. The van der Waals surface area contributed by atoms with E-state index in [0.29, 0.717) is 5.92 Å². The SMILES string of the molecule is C1=CC(c2ccccc2)CC=C1N1c2cc(-c3ccccc3)ccc2B2c3ccc(-c4ccccc4)cc3N(c3ccc(-c4ccccc4)cc3)c3cc(-n4c5ccccc5c5ccccc54)cc1c32. The Hall–Kier alpha value is -8.86. The number of anilines is 5. The number of hydrogen-bond acceptors (Lipinski definition) is 2. The molecular weight excluding hydrogens is 846 g/mol. The molecule has 0 saturated heterocycles. The summed E-state index contributed by atoms with van der Waals surface area (Å²) in [7, 11) is 0. The standard InChI is InChI=1S/C66H46BN3/c1-5-17-45(18-6-1)49-29-35-53(36-30-49)68-62-41-51(47-21-9-3-10-22-47)33-39-58(62)67-59-40-34-52(48-23-11-4-12-24-48)42-63(59)69(54-37-31-50(32-38-54)46-19-7-2-8-20-46)65-44-55(43-64(68)66(65)67)70-60-27-15-13-25-56(60)57-26-14-16-28-61(57)70/h1-31,33-44,50H,32H2. The molecular formula is C66H46BN3. The van der Waals surface area contributed by atoms with Crippen molar-refractivity contribution in [1.29, 1.82) is 0 Å². The number of allylic oxidation sites excluding steroid dienone is 3. The van der Waals surface area contributed by atoms with Crippen molar-refractivity contribution in [3.63, 3.8) is 0 Å². The fourth-order valence-corrected chi connectivity index (χ4v) is 11.6. The second kappa shape index (κ2) is 16.4. The minimum absolute atomic E-state index is 0.0434.